The van der Waals surface area contributed by atoms with Crippen molar-refractivity contribution in [2.24, 2.45) is 0 Å². The van der Waals surface area contributed by atoms with E-state index in [1.165, 1.54) is 24.3 Å². The monoisotopic (exact) mass is 340 g/mol. The third-order valence-electron chi connectivity index (χ3n) is 4.86. The van der Waals surface area contributed by atoms with E-state index in [0.29, 0.717) is 13.1 Å². The van der Waals surface area contributed by atoms with E-state index in [-0.39, 0.29) is 23.2 Å². The van der Waals surface area contributed by atoms with Gasteiger partial charge in [0.25, 0.3) is 5.91 Å². The van der Waals surface area contributed by atoms with E-state index in [4.69, 9.17) is 0 Å². The van der Waals surface area contributed by atoms with Crippen LogP contribution in [0.1, 0.15) is 34.8 Å². The first kappa shape index (κ1) is 15.8. The Labute approximate surface area is 144 Å². The minimum Gasteiger partial charge on any atom is -0.358 e. The number of hydrogen-bond donors (Lipinski definition) is 1. The lowest BCUT2D eigenvalue weighted by Crippen LogP contribution is -2.39. The number of amides is 1. The van der Waals surface area contributed by atoms with E-state index < -0.39 is 5.82 Å². The van der Waals surface area contributed by atoms with Gasteiger partial charge in [0.1, 0.15) is 11.6 Å². The second-order valence-electron chi connectivity index (χ2n) is 6.53. The number of carbonyl (C=O) groups excluding carboxylic acids is 1. The number of piperidine rings is 1. The quantitative estimate of drug-likeness (QED) is 0.734. The normalized spacial score (nSPS) is 17.8. The summed E-state index contributed by atoms with van der Waals surface area (Å²) in [5, 5.41) is 0.826. The van der Waals surface area contributed by atoms with E-state index in [9.17, 15) is 13.6 Å². The van der Waals surface area contributed by atoms with Crippen LogP contribution >= 0.6 is 0 Å². The number of nitrogens with one attached hydrogen (secondary N) is 1. The van der Waals surface area contributed by atoms with Crippen molar-refractivity contribution in [2.75, 3.05) is 13.1 Å². The largest absolute Gasteiger partial charge is 0.358 e. The number of rotatable bonds is 2. The van der Waals surface area contributed by atoms with Gasteiger partial charge in [-0.15, -0.1) is 0 Å². The van der Waals surface area contributed by atoms with Crippen LogP contribution in [0, 0.1) is 11.6 Å². The smallest absolute Gasteiger partial charge is 0.256 e. The van der Waals surface area contributed by atoms with Gasteiger partial charge in [0.05, 0.1) is 5.56 Å². The van der Waals surface area contributed by atoms with Gasteiger partial charge in [-0.1, -0.05) is 12.1 Å². The number of aromatic nitrogens is 1. The molecule has 5 heteroatoms. The average molecular weight is 340 g/mol. The number of aromatic amines is 1. The Kier molecular flexibility index (Phi) is 3.99. The van der Waals surface area contributed by atoms with Crippen LogP contribution in [0.4, 0.5) is 8.78 Å². The molecule has 1 aliphatic heterocycles. The molecule has 0 radical (unpaired) electrons. The average Bonchev–Trinajstić information content (AvgIpc) is 3.05. The number of benzene rings is 2. The first-order valence-electron chi connectivity index (χ1n) is 8.44. The molecular formula is C20H18F2N2O. The molecule has 4 rings (SSSR count). The lowest BCUT2D eigenvalue weighted by molar-refractivity contribution is 0.0701. The molecule has 128 valence electrons. The molecule has 0 spiro atoms. The summed E-state index contributed by atoms with van der Waals surface area (Å²) in [6, 6.07) is 12.7. The summed E-state index contributed by atoms with van der Waals surface area (Å²) in [6.07, 6.45) is 1.80. The highest BCUT2D eigenvalue weighted by Crippen LogP contribution is 2.30. The highest BCUT2D eigenvalue weighted by atomic mass is 19.1. The fraction of sp³-hybridized carbons (Fsp3) is 0.250. The van der Waals surface area contributed by atoms with Crippen molar-refractivity contribution in [2.45, 2.75) is 18.8 Å². The second kappa shape index (κ2) is 6.31. The van der Waals surface area contributed by atoms with Crippen LogP contribution in [-0.4, -0.2) is 28.9 Å². The van der Waals surface area contributed by atoms with Crippen molar-refractivity contribution in [3.8, 4) is 0 Å². The van der Waals surface area contributed by atoms with Crippen LogP contribution < -0.4 is 0 Å². The summed E-state index contributed by atoms with van der Waals surface area (Å²) in [4.78, 5) is 17.7. The van der Waals surface area contributed by atoms with Gasteiger partial charge in [0, 0.05) is 35.6 Å². The molecule has 1 aliphatic rings. The Morgan fingerprint density at radius 1 is 1.12 bits per heavy atom. The van der Waals surface area contributed by atoms with Gasteiger partial charge in [0.2, 0.25) is 0 Å². The summed E-state index contributed by atoms with van der Waals surface area (Å²) in [6.45, 7) is 1.15. The van der Waals surface area contributed by atoms with E-state index in [1.54, 1.807) is 23.1 Å². The van der Waals surface area contributed by atoms with Crippen LogP contribution in [0.15, 0.2) is 48.5 Å². The topological polar surface area (TPSA) is 36.1 Å². The molecular weight excluding hydrogens is 322 g/mol. The van der Waals surface area contributed by atoms with Crippen LogP contribution in [0.5, 0.6) is 0 Å². The molecule has 3 nitrogen and oxygen atoms in total. The van der Waals surface area contributed by atoms with Gasteiger partial charge in [0.15, 0.2) is 0 Å². The third kappa shape index (κ3) is 3.02. The third-order valence-corrected chi connectivity index (χ3v) is 4.86. The minimum absolute atomic E-state index is 0.113. The van der Waals surface area contributed by atoms with Gasteiger partial charge in [-0.25, -0.2) is 8.78 Å². The lowest BCUT2D eigenvalue weighted by Gasteiger charge is -2.32. The van der Waals surface area contributed by atoms with Crippen LogP contribution in [0.25, 0.3) is 10.9 Å². The fourth-order valence-electron chi connectivity index (χ4n) is 3.57. The number of carbonyl (C=O) groups is 1. The van der Waals surface area contributed by atoms with Gasteiger partial charge in [-0.3, -0.25) is 4.79 Å². The van der Waals surface area contributed by atoms with E-state index >= 15 is 0 Å². The Morgan fingerprint density at radius 3 is 2.80 bits per heavy atom. The zero-order valence-corrected chi connectivity index (χ0v) is 13.6. The predicted octanol–water partition coefficient (Wildman–Crippen LogP) is 4.47. The maximum absolute atomic E-state index is 13.9. The molecule has 1 atom stereocenters. The van der Waals surface area contributed by atoms with Crippen molar-refractivity contribution >= 4 is 16.8 Å². The maximum Gasteiger partial charge on any atom is 0.256 e. The highest BCUT2D eigenvalue weighted by Gasteiger charge is 2.27. The van der Waals surface area contributed by atoms with Crippen LogP contribution in [-0.2, 0) is 0 Å². The standard InChI is InChI=1S/C20H18F2N2O/c21-15-7-8-18-14(10-15)11-19(23-18)13-4-3-9-24(12-13)20(25)16-5-1-2-6-17(16)22/h1-2,5-8,10-11,13,23H,3-4,9,12H2. The predicted molar refractivity (Wildman–Crippen MR) is 92.5 cm³/mol. The number of nitrogens with zero attached hydrogens (tertiary/aromatic N) is 1. The Bertz CT molecular complexity index is 934. The Hall–Kier alpha value is -2.69. The minimum atomic E-state index is -0.490. The van der Waals surface area contributed by atoms with Crippen molar-refractivity contribution in [3.63, 3.8) is 0 Å². The van der Waals surface area contributed by atoms with E-state index in [2.05, 4.69) is 4.98 Å². The summed E-state index contributed by atoms with van der Waals surface area (Å²) in [5.74, 6) is -0.890. The molecule has 3 aromatic rings. The molecule has 0 saturated carbocycles. The molecule has 1 N–H and O–H groups in total. The molecule has 1 unspecified atom stereocenters. The molecule has 1 saturated heterocycles. The Morgan fingerprint density at radius 2 is 1.96 bits per heavy atom. The molecule has 25 heavy (non-hydrogen) atoms. The maximum atomic E-state index is 13.9. The van der Waals surface area contributed by atoms with Crippen molar-refractivity contribution < 1.29 is 13.6 Å². The molecule has 0 aliphatic carbocycles. The molecule has 1 amide bonds. The lowest BCUT2D eigenvalue weighted by atomic mass is 9.94. The zero-order valence-electron chi connectivity index (χ0n) is 13.6. The summed E-state index contributed by atoms with van der Waals surface area (Å²) < 4.78 is 27.3. The zero-order chi connectivity index (χ0) is 17.4. The number of H-pyrrole nitrogens is 1. The van der Waals surface area contributed by atoms with Crippen molar-refractivity contribution in [1.29, 1.82) is 0 Å². The molecule has 1 fully saturated rings. The number of hydrogen-bond acceptors (Lipinski definition) is 1. The summed E-state index contributed by atoms with van der Waals surface area (Å²) >= 11 is 0. The number of fused-ring (bicyclic) bond motifs is 1. The summed E-state index contributed by atoms with van der Waals surface area (Å²) in [7, 11) is 0. The molecule has 1 aromatic heterocycles. The van der Waals surface area contributed by atoms with Gasteiger partial charge < -0.3 is 9.88 Å². The van der Waals surface area contributed by atoms with Crippen LogP contribution in [0.2, 0.25) is 0 Å². The molecule has 2 heterocycles. The second-order valence-corrected chi connectivity index (χ2v) is 6.53. The summed E-state index contributed by atoms with van der Waals surface area (Å²) in [5.41, 5.74) is 1.99. The Balaban J connectivity index is 1.58. The van der Waals surface area contributed by atoms with Crippen LogP contribution in [0.3, 0.4) is 0 Å². The fourth-order valence-corrected chi connectivity index (χ4v) is 3.57. The molecule has 2 aromatic carbocycles. The first-order chi connectivity index (χ1) is 12.1. The number of halogens is 2. The van der Waals surface area contributed by atoms with E-state index in [0.717, 1.165) is 29.4 Å². The van der Waals surface area contributed by atoms with Gasteiger partial charge in [-0.2, -0.15) is 0 Å². The van der Waals surface area contributed by atoms with E-state index in [1.807, 2.05) is 6.07 Å². The highest BCUT2D eigenvalue weighted by molar-refractivity contribution is 5.94. The van der Waals surface area contributed by atoms with Crippen molar-refractivity contribution in [1.82, 2.24) is 9.88 Å². The molecule has 0 bridgehead atoms. The van der Waals surface area contributed by atoms with Gasteiger partial charge >= 0.3 is 0 Å². The number of likely N-dealkylation sites (tertiary alicyclic amines) is 1. The first-order valence-corrected chi connectivity index (χ1v) is 8.44. The SMILES string of the molecule is O=C(c1ccccc1F)N1CCCC(c2cc3cc(F)ccc3[nH]2)C1. The van der Waals surface area contributed by atoms with Gasteiger partial charge in [-0.05, 0) is 49.2 Å². The van der Waals surface area contributed by atoms with Crippen molar-refractivity contribution in [3.05, 3.63) is 71.4 Å².